The minimum Gasteiger partial charge on any atom is -0.468 e. The van der Waals surface area contributed by atoms with Gasteiger partial charge in [-0.3, -0.25) is 9.69 Å². The standard InChI is InChI=1S/C31H33N3O4/c1-37-31(36)29(23-10-3-2-4-11-23)33-18-7-8-19-34(21-20-33)30(35)25-13-9-12-24(22-25)27-16-17-32-26-14-5-6-15-28(26)38-27/h2-6,9-16,22,29,32H,7-8,17-21H2,1H3. The Morgan fingerprint density at radius 2 is 1.68 bits per heavy atom. The maximum absolute atomic E-state index is 13.6. The molecule has 0 aliphatic carbocycles. The highest BCUT2D eigenvalue weighted by Gasteiger charge is 2.30. The van der Waals surface area contributed by atoms with Gasteiger partial charge in [-0.05, 0) is 55.3 Å². The summed E-state index contributed by atoms with van der Waals surface area (Å²) in [5.74, 6) is 1.18. The molecular weight excluding hydrogens is 478 g/mol. The molecule has 1 fully saturated rings. The fourth-order valence-corrected chi connectivity index (χ4v) is 5.07. The number of para-hydroxylation sites is 2. The quantitative estimate of drug-likeness (QED) is 0.487. The van der Waals surface area contributed by atoms with Gasteiger partial charge in [-0.2, -0.15) is 0 Å². The number of amides is 1. The lowest BCUT2D eigenvalue weighted by Crippen LogP contribution is -2.45. The molecule has 0 saturated carbocycles. The highest BCUT2D eigenvalue weighted by molar-refractivity contribution is 5.95. The Bertz CT molecular complexity index is 1310. The van der Waals surface area contributed by atoms with Crippen LogP contribution in [-0.2, 0) is 9.53 Å². The van der Waals surface area contributed by atoms with Crippen molar-refractivity contribution < 1.29 is 19.1 Å². The lowest BCUT2D eigenvalue weighted by atomic mass is 10.0. The molecule has 3 aromatic rings. The van der Waals surface area contributed by atoms with Gasteiger partial charge in [0, 0.05) is 37.3 Å². The zero-order valence-electron chi connectivity index (χ0n) is 21.6. The van der Waals surface area contributed by atoms with Gasteiger partial charge in [-0.1, -0.05) is 54.6 Å². The molecule has 7 nitrogen and oxygen atoms in total. The Morgan fingerprint density at radius 3 is 2.53 bits per heavy atom. The van der Waals surface area contributed by atoms with Gasteiger partial charge in [0.25, 0.3) is 5.91 Å². The molecule has 7 heteroatoms. The molecule has 1 unspecified atom stereocenters. The van der Waals surface area contributed by atoms with Crippen LogP contribution in [0.1, 0.15) is 40.4 Å². The first-order chi connectivity index (χ1) is 18.6. The van der Waals surface area contributed by atoms with E-state index in [2.05, 4.69) is 10.2 Å². The second-order valence-corrected chi connectivity index (χ2v) is 9.50. The Morgan fingerprint density at radius 1 is 0.895 bits per heavy atom. The van der Waals surface area contributed by atoms with E-state index in [1.807, 2.05) is 89.8 Å². The SMILES string of the molecule is COC(=O)C(c1ccccc1)N1CCCCN(C(=O)c2cccc(C3=CCNc4ccccc4O3)c2)CC1. The van der Waals surface area contributed by atoms with Crippen LogP contribution in [0.25, 0.3) is 5.76 Å². The number of hydrogen-bond donors (Lipinski definition) is 1. The van der Waals surface area contributed by atoms with Crippen LogP contribution < -0.4 is 10.1 Å². The summed E-state index contributed by atoms with van der Waals surface area (Å²) in [5.41, 5.74) is 3.32. The Balaban J connectivity index is 1.32. The lowest BCUT2D eigenvalue weighted by Gasteiger charge is -2.35. The summed E-state index contributed by atoms with van der Waals surface area (Å²) in [6.07, 6.45) is 3.74. The Hall–Kier alpha value is -4.10. The van der Waals surface area contributed by atoms with Crippen molar-refractivity contribution in [3.05, 3.63) is 102 Å². The molecule has 1 N–H and O–H groups in total. The predicted molar refractivity (Wildman–Crippen MR) is 148 cm³/mol. The van der Waals surface area contributed by atoms with E-state index >= 15 is 0 Å². The van der Waals surface area contributed by atoms with Crippen molar-refractivity contribution in [1.29, 1.82) is 0 Å². The number of esters is 1. The lowest BCUT2D eigenvalue weighted by molar-refractivity contribution is -0.147. The van der Waals surface area contributed by atoms with Crippen molar-refractivity contribution >= 4 is 23.3 Å². The molecule has 0 aromatic heterocycles. The third-order valence-electron chi connectivity index (χ3n) is 7.05. The van der Waals surface area contributed by atoms with Gasteiger partial charge in [0.15, 0.2) is 5.75 Å². The third kappa shape index (κ3) is 5.73. The highest BCUT2D eigenvalue weighted by Crippen LogP contribution is 2.31. The number of methoxy groups -OCH3 is 1. The molecule has 1 saturated heterocycles. The molecule has 1 atom stereocenters. The summed E-state index contributed by atoms with van der Waals surface area (Å²) in [7, 11) is 1.42. The largest absolute Gasteiger partial charge is 0.468 e. The smallest absolute Gasteiger partial charge is 0.327 e. The average Bonchev–Trinajstić information content (AvgIpc) is 3.17. The zero-order valence-corrected chi connectivity index (χ0v) is 21.6. The normalized spacial score (nSPS) is 16.9. The average molecular weight is 512 g/mol. The van der Waals surface area contributed by atoms with Crippen LogP contribution in [0.4, 0.5) is 5.69 Å². The molecule has 0 bridgehead atoms. The number of carbonyl (C=O) groups excluding carboxylic acids is 2. The van der Waals surface area contributed by atoms with Crippen molar-refractivity contribution in [2.75, 3.05) is 45.2 Å². The number of nitrogens with zero attached hydrogens (tertiary/aromatic N) is 2. The first kappa shape index (κ1) is 25.5. The van der Waals surface area contributed by atoms with Crippen LogP contribution in [0.5, 0.6) is 5.75 Å². The van der Waals surface area contributed by atoms with Gasteiger partial charge >= 0.3 is 5.97 Å². The molecule has 0 spiro atoms. The minimum absolute atomic E-state index is 0.0178. The minimum atomic E-state index is -0.490. The topological polar surface area (TPSA) is 71.1 Å². The second-order valence-electron chi connectivity index (χ2n) is 9.50. The van der Waals surface area contributed by atoms with Crippen molar-refractivity contribution in [3.8, 4) is 5.75 Å². The van der Waals surface area contributed by atoms with Gasteiger partial charge in [0.2, 0.25) is 0 Å². The number of ether oxygens (including phenoxy) is 2. The van der Waals surface area contributed by atoms with Crippen molar-refractivity contribution in [2.45, 2.75) is 18.9 Å². The first-order valence-corrected chi connectivity index (χ1v) is 13.1. The first-order valence-electron chi connectivity index (χ1n) is 13.1. The zero-order chi connectivity index (χ0) is 26.3. The maximum atomic E-state index is 13.6. The van der Waals surface area contributed by atoms with Crippen LogP contribution in [0, 0.1) is 0 Å². The maximum Gasteiger partial charge on any atom is 0.327 e. The number of fused-ring (bicyclic) bond motifs is 1. The van der Waals surface area contributed by atoms with E-state index in [1.165, 1.54) is 7.11 Å². The summed E-state index contributed by atoms with van der Waals surface area (Å²) >= 11 is 0. The van der Waals surface area contributed by atoms with E-state index in [1.54, 1.807) is 0 Å². The summed E-state index contributed by atoms with van der Waals surface area (Å²) in [5, 5.41) is 3.35. The highest BCUT2D eigenvalue weighted by atomic mass is 16.5. The van der Waals surface area contributed by atoms with Crippen LogP contribution in [0.15, 0.2) is 84.9 Å². The summed E-state index contributed by atoms with van der Waals surface area (Å²) in [4.78, 5) is 30.4. The monoisotopic (exact) mass is 511 g/mol. The molecular formula is C31H33N3O4. The Labute approximate surface area is 223 Å². The van der Waals surface area contributed by atoms with Gasteiger partial charge in [-0.25, -0.2) is 4.79 Å². The van der Waals surface area contributed by atoms with Crippen LogP contribution in [-0.4, -0.2) is 61.5 Å². The molecule has 2 aliphatic rings. The molecule has 0 radical (unpaired) electrons. The van der Waals surface area contributed by atoms with E-state index in [0.29, 0.717) is 31.7 Å². The van der Waals surface area contributed by atoms with Crippen LogP contribution in [0.2, 0.25) is 0 Å². The number of nitrogens with one attached hydrogen (secondary N) is 1. The van der Waals surface area contributed by atoms with Gasteiger partial charge in [0.1, 0.15) is 11.8 Å². The van der Waals surface area contributed by atoms with E-state index in [0.717, 1.165) is 47.7 Å². The molecule has 196 valence electrons. The summed E-state index contributed by atoms with van der Waals surface area (Å²) in [6.45, 7) is 3.20. The number of hydrogen-bond acceptors (Lipinski definition) is 6. The van der Waals surface area contributed by atoms with Gasteiger partial charge in [0.05, 0.1) is 12.8 Å². The summed E-state index contributed by atoms with van der Waals surface area (Å²) < 4.78 is 11.4. The van der Waals surface area contributed by atoms with Crippen molar-refractivity contribution in [1.82, 2.24) is 9.80 Å². The third-order valence-corrected chi connectivity index (χ3v) is 7.05. The fraction of sp³-hybridized carbons (Fsp3) is 0.290. The van der Waals surface area contributed by atoms with E-state index in [9.17, 15) is 9.59 Å². The molecule has 2 heterocycles. The van der Waals surface area contributed by atoms with Crippen molar-refractivity contribution in [3.63, 3.8) is 0 Å². The van der Waals surface area contributed by atoms with E-state index < -0.39 is 6.04 Å². The fourth-order valence-electron chi connectivity index (χ4n) is 5.07. The number of rotatable bonds is 5. The van der Waals surface area contributed by atoms with E-state index in [4.69, 9.17) is 9.47 Å². The molecule has 38 heavy (non-hydrogen) atoms. The predicted octanol–water partition coefficient (Wildman–Crippen LogP) is 4.98. The van der Waals surface area contributed by atoms with E-state index in [-0.39, 0.29) is 11.9 Å². The molecule has 5 rings (SSSR count). The molecule has 2 aliphatic heterocycles. The number of benzene rings is 3. The van der Waals surface area contributed by atoms with Crippen LogP contribution in [0.3, 0.4) is 0 Å². The molecule has 1 amide bonds. The molecule has 3 aromatic carbocycles. The second kappa shape index (κ2) is 12.0. The van der Waals surface area contributed by atoms with Crippen molar-refractivity contribution in [2.24, 2.45) is 0 Å². The van der Waals surface area contributed by atoms with Gasteiger partial charge in [-0.15, -0.1) is 0 Å². The van der Waals surface area contributed by atoms with Crippen LogP contribution >= 0.6 is 0 Å². The summed E-state index contributed by atoms with van der Waals surface area (Å²) in [6, 6.07) is 24.7. The van der Waals surface area contributed by atoms with Gasteiger partial charge < -0.3 is 19.7 Å². The number of carbonyl (C=O) groups is 2. The Kier molecular flexibility index (Phi) is 8.04. The number of anilines is 1.